The Labute approximate surface area is 67.3 Å². The average Bonchev–Trinajstić information content (AvgIpc) is 2.05. The van der Waals surface area contributed by atoms with E-state index >= 15 is 0 Å². The zero-order chi connectivity index (χ0) is 8.11. The minimum absolute atomic E-state index is 0.160. The summed E-state index contributed by atoms with van der Waals surface area (Å²) in [5.74, 6) is 0.852. The monoisotopic (exact) mass is 175 g/mol. The highest BCUT2D eigenvalue weighted by Gasteiger charge is 2.48. The predicted molar refractivity (Wildman–Crippen MR) is 43.2 cm³/mol. The fraction of sp³-hybridized carbons (Fsp3) is 1.00. The third kappa shape index (κ3) is 1.18. The van der Waals surface area contributed by atoms with Crippen molar-refractivity contribution in [2.24, 2.45) is 5.41 Å². The molecule has 3 nitrogen and oxygen atoms in total. The highest BCUT2D eigenvalue weighted by atomic mass is 32.2. The Morgan fingerprint density at radius 3 is 2.36 bits per heavy atom. The van der Waals surface area contributed by atoms with Gasteiger partial charge in [-0.25, -0.2) is 8.42 Å². The first-order valence-electron chi connectivity index (χ1n) is 3.90. The Bertz CT molecular complexity index is 264. The number of nitrogens with zero attached hydrogens (tertiary/aromatic N) is 1. The first kappa shape index (κ1) is 7.55. The third-order valence-electron chi connectivity index (χ3n) is 2.68. The first-order chi connectivity index (χ1) is 5.02. The average molecular weight is 175 g/mol. The smallest absolute Gasteiger partial charge is 0.150 e. The molecule has 0 aromatic carbocycles. The Morgan fingerprint density at radius 2 is 2.00 bits per heavy atom. The quantitative estimate of drug-likeness (QED) is 0.509. The van der Waals surface area contributed by atoms with E-state index in [-0.39, 0.29) is 5.41 Å². The van der Waals surface area contributed by atoms with E-state index in [4.69, 9.17) is 0 Å². The van der Waals surface area contributed by atoms with Gasteiger partial charge in [-0.3, -0.25) is 0 Å². The van der Waals surface area contributed by atoms with E-state index in [9.17, 15) is 8.42 Å². The Hall–Kier alpha value is -0.0900. The number of rotatable bonds is 0. The number of hydrogen-bond donors (Lipinski definition) is 0. The summed E-state index contributed by atoms with van der Waals surface area (Å²) in [6.45, 7) is 1.96. The third-order valence-corrected chi connectivity index (χ3v) is 4.56. The fourth-order valence-electron chi connectivity index (χ4n) is 2.33. The molecule has 2 rings (SSSR count). The molecule has 0 atom stereocenters. The molecule has 0 amide bonds. The minimum Gasteiger partial charge on any atom is -0.305 e. The normalized spacial score (nSPS) is 33.9. The van der Waals surface area contributed by atoms with E-state index in [1.54, 1.807) is 0 Å². The van der Waals surface area contributed by atoms with Gasteiger partial charge in [0.05, 0.1) is 11.5 Å². The van der Waals surface area contributed by atoms with Crippen molar-refractivity contribution in [3.63, 3.8) is 0 Å². The molecule has 0 saturated carbocycles. The maximum Gasteiger partial charge on any atom is 0.150 e. The molecule has 2 saturated heterocycles. The molecule has 1 spiro atoms. The van der Waals surface area contributed by atoms with Crippen molar-refractivity contribution in [3.8, 4) is 0 Å². The molecule has 0 aromatic heterocycles. The number of hydrogen-bond acceptors (Lipinski definition) is 3. The molecule has 0 aromatic rings. The number of sulfone groups is 1. The Morgan fingerprint density at radius 1 is 1.36 bits per heavy atom. The van der Waals surface area contributed by atoms with Crippen LogP contribution in [0.15, 0.2) is 0 Å². The summed E-state index contributed by atoms with van der Waals surface area (Å²) in [6, 6.07) is 0. The Balaban J connectivity index is 2.11. The molecule has 0 N–H and O–H groups in total. The molecule has 64 valence electrons. The van der Waals surface area contributed by atoms with Gasteiger partial charge in [0.1, 0.15) is 0 Å². The molecule has 2 aliphatic heterocycles. The SMILES string of the molecule is CN1CC2(CCS(=O)(=O)C2)C1. The van der Waals surface area contributed by atoms with Crippen LogP contribution >= 0.6 is 0 Å². The van der Waals surface area contributed by atoms with Crippen LogP contribution in [-0.2, 0) is 9.84 Å². The molecule has 0 unspecified atom stereocenters. The van der Waals surface area contributed by atoms with E-state index in [1.165, 1.54) is 0 Å². The molecule has 11 heavy (non-hydrogen) atoms. The largest absolute Gasteiger partial charge is 0.305 e. The van der Waals surface area contributed by atoms with Crippen molar-refractivity contribution in [3.05, 3.63) is 0 Å². The minimum atomic E-state index is -2.66. The van der Waals surface area contributed by atoms with Gasteiger partial charge >= 0.3 is 0 Å². The van der Waals surface area contributed by atoms with Crippen LogP contribution in [0.2, 0.25) is 0 Å². The van der Waals surface area contributed by atoms with Gasteiger partial charge in [0.25, 0.3) is 0 Å². The molecular weight excluding hydrogens is 162 g/mol. The van der Waals surface area contributed by atoms with Crippen molar-refractivity contribution < 1.29 is 8.42 Å². The zero-order valence-electron chi connectivity index (χ0n) is 6.71. The number of likely N-dealkylation sites (tertiary alicyclic amines) is 1. The van der Waals surface area contributed by atoms with E-state index in [0.29, 0.717) is 11.5 Å². The van der Waals surface area contributed by atoms with Crippen LogP contribution in [0.25, 0.3) is 0 Å². The van der Waals surface area contributed by atoms with Crippen molar-refractivity contribution in [1.82, 2.24) is 4.90 Å². The highest BCUT2D eigenvalue weighted by Crippen LogP contribution is 2.39. The lowest BCUT2D eigenvalue weighted by molar-refractivity contribution is 0.0462. The molecule has 2 aliphatic rings. The lowest BCUT2D eigenvalue weighted by atomic mass is 9.80. The molecule has 0 aliphatic carbocycles. The zero-order valence-corrected chi connectivity index (χ0v) is 7.52. The summed E-state index contributed by atoms with van der Waals surface area (Å²) >= 11 is 0. The summed E-state index contributed by atoms with van der Waals surface area (Å²) in [6.07, 6.45) is 0.889. The fourth-order valence-corrected chi connectivity index (χ4v) is 4.48. The topological polar surface area (TPSA) is 37.4 Å². The van der Waals surface area contributed by atoms with Crippen LogP contribution in [0.4, 0.5) is 0 Å². The molecule has 2 heterocycles. The summed E-state index contributed by atoms with van der Waals surface area (Å²) in [5, 5.41) is 0. The van der Waals surface area contributed by atoms with Gasteiger partial charge in [-0.2, -0.15) is 0 Å². The summed E-state index contributed by atoms with van der Waals surface area (Å²) in [4.78, 5) is 2.18. The summed E-state index contributed by atoms with van der Waals surface area (Å²) in [5.41, 5.74) is 0.160. The van der Waals surface area contributed by atoms with Crippen LogP contribution in [0.1, 0.15) is 6.42 Å². The molecular formula is C7H13NO2S. The molecule has 4 heteroatoms. The Kier molecular flexibility index (Phi) is 1.36. The van der Waals surface area contributed by atoms with Gasteiger partial charge in [-0.1, -0.05) is 0 Å². The highest BCUT2D eigenvalue weighted by molar-refractivity contribution is 7.91. The van der Waals surface area contributed by atoms with Gasteiger partial charge in [-0.15, -0.1) is 0 Å². The second-order valence-corrected chi connectivity index (χ2v) is 6.20. The van der Waals surface area contributed by atoms with Crippen LogP contribution in [0, 0.1) is 5.41 Å². The van der Waals surface area contributed by atoms with Crippen molar-refractivity contribution in [1.29, 1.82) is 0 Å². The molecule has 2 fully saturated rings. The van der Waals surface area contributed by atoms with Gasteiger partial charge in [0.15, 0.2) is 9.84 Å². The second-order valence-electron chi connectivity index (χ2n) is 4.01. The lowest BCUT2D eigenvalue weighted by Gasteiger charge is -2.45. The second kappa shape index (κ2) is 1.98. The summed E-state index contributed by atoms with van der Waals surface area (Å²) in [7, 11) is -0.627. The van der Waals surface area contributed by atoms with E-state index in [2.05, 4.69) is 4.90 Å². The summed E-state index contributed by atoms with van der Waals surface area (Å²) < 4.78 is 22.3. The maximum atomic E-state index is 11.1. The molecule has 0 radical (unpaired) electrons. The first-order valence-corrected chi connectivity index (χ1v) is 5.73. The molecule has 0 bridgehead atoms. The standard InChI is InChI=1S/C7H13NO2S/c1-8-4-7(5-8)2-3-11(9,10)6-7/h2-6H2,1H3. The van der Waals surface area contributed by atoms with Crippen molar-refractivity contribution in [2.75, 3.05) is 31.6 Å². The van der Waals surface area contributed by atoms with E-state index in [0.717, 1.165) is 19.5 Å². The predicted octanol–water partition coefficient (Wildman–Crippen LogP) is -0.263. The van der Waals surface area contributed by atoms with Crippen LogP contribution < -0.4 is 0 Å². The van der Waals surface area contributed by atoms with Crippen LogP contribution in [0.5, 0.6) is 0 Å². The van der Waals surface area contributed by atoms with Crippen LogP contribution in [-0.4, -0.2) is 45.0 Å². The lowest BCUT2D eigenvalue weighted by Crippen LogP contribution is -2.54. The maximum absolute atomic E-state index is 11.1. The van der Waals surface area contributed by atoms with E-state index in [1.807, 2.05) is 7.05 Å². The van der Waals surface area contributed by atoms with Gasteiger partial charge in [0.2, 0.25) is 0 Å². The van der Waals surface area contributed by atoms with E-state index < -0.39 is 9.84 Å². The van der Waals surface area contributed by atoms with Gasteiger partial charge in [-0.05, 0) is 13.5 Å². The van der Waals surface area contributed by atoms with Crippen LogP contribution in [0.3, 0.4) is 0 Å². The van der Waals surface area contributed by atoms with Crippen molar-refractivity contribution >= 4 is 9.84 Å². The van der Waals surface area contributed by atoms with Gasteiger partial charge in [0, 0.05) is 18.5 Å². The van der Waals surface area contributed by atoms with Gasteiger partial charge < -0.3 is 4.90 Å². The van der Waals surface area contributed by atoms with Crippen molar-refractivity contribution in [2.45, 2.75) is 6.42 Å².